The molecule has 0 spiro atoms. The molecular formula is C12H22N2O3. The Morgan fingerprint density at radius 3 is 2.76 bits per heavy atom. The molecule has 2 atom stereocenters. The molecule has 5 heteroatoms. The molecule has 0 aromatic heterocycles. The van der Waals surface area contributed by atoms with Crippen molar-refractivity contribution in [2.24, 2.45) is 5.92 Å². The van der Waals surface area contributed by atoms with Crippen molar-refractivity contribution in [3.05, 3.63) is 0 Å². The Bertz CT molecular complexity index is 279. The number of nitrogens with one attached hydrogen (secondary N) is 2. The third-order valence-electron chi connectivity index (χ3n) is 3.04. The maximum atomic E-state index is 11.8. The molecule has 0 aromatic rings. The smallest absolute Gasteiger partial charge is 0.323 e. The number of rotatable bonds is 4. The topological polar surface area (TPSA) is 67.4 Å². The van der Waals surface area contributed by atoms with Crippen LogP contribution < -0.4 is 10.6 Å². The van der Waals surface area contributed by atoms with Crippen LogP contribution in [0.2, 0.25) is 0 Å². The molecule has 1 amide bonds. The van der Waals surface area contributed by atoms with Gasteiger partial charge in [-0.1, -0.05) is 13.8 Å². The van der Waals surface area contributed by atoms with Gasteiger partial charge in [0.05, 0.1) is 13.2 Å². The van der Waals surface area contributed by atoms with Crippen LogP contribution in [0.25, 0.3) is 0 Å². The minimum atomic E-state index is -0.422. The van der Waals surface area contributed by atoms with E-state index in [0.29, 0.717) is 0 Å². The minimum absolute atomic E-state index is 0.0166. The summed E-state index contributed by atoms with van der Waals surface area (Å²) in [4.78, 5) is 23.4. The highest BCUT2D eigenvalue weighted by Crippen LogP contribution is 2.10. The first kappa shape index (κ1) is 14.0. The van der Waals surface area contributed by atoms with Crippen LogP contribution in [0, 0.1) is 5.92 Å². The Balaban J connectivity index is 2.64. The monoisotopic (exact) mass is 242 g/mol. The predicted octanol–water partition coefficient (Wildman–Crippen LogP) is 0.442. The highest BCUT2D eigenvalue weighted by Gasteiger charge is 2.29. The lowest BCUT2D eigenvalue weighted by Gasteiger charge is -2.24. The first-order chi connectivity index (χ1) is 8.06. The zero-order valence-electron chi connectivity index (χ0n) is 10.8. The summed E-state index contributed by atoms with van der Waals surface area (Å²) in [6, 6.07) is -0.710. The lowest BCUT2D eigenvalue weighted by atomic mass is 10.0. The van der Waals surface area contributed by atoms with Gasteiger partial charge >= 0.3 is 5.97 Å². The van der Waals surface area contributed by atoms with Gasteiger partial charge in [0.2, 0.25) is 5.91 Å². The van der Waals surface area contributed by atoms with E-state index in [2.05, 4.69) is 10.6 Å². The van der Waals surface area contributed by atoms with Crippen LogP contribution >= 0.6 is 0 Å². The van der Waals surface area contributed by atoms with E-state index in [1.54, 1.807) is 0 Å². The molecule has 0 bridgehead atoms. The fourth-order valence-electron chi connectivity index (χ4n) is 1.97. The van der Waals surface area contributed by atoms with Gasteiger partial charge in [-0.05, 0) is 25.2 Å². The van der Waals surface area contributed by atoms with Gasteiger partial charge in [0.15, 0.2) is 0 Å². The summed E-state index contributed by atoms with van der Waals surface area (Å²) in [5, 5.41) is 5.95. The Morgan fingerprint density at radius 2 is 2.18 bits per heavy atom. The van der Waals surface area contributed by atoms with Crippen molar-refractivity contribution in [3.63, 3.8) is 0 Å². The van der Waals surface area contributed by atoms with Crippen molar-refractivity contribution in [1.82, 2.24) is 10.6 Å². The van der Waals surface area contributed by atoms with Gasteiger partial charge in [-0.3, -0.25) is 14.9 Å². The predicted molar refractivity (Wildman–Crippen MR) is 64.4 cm³/mol. The fourth-order valence-corrected chi connectivity index (χ4v) is 1.97. The second kappa shape index (κ2) is 6.59. The molecule has 1 aliphatic rings. The number of esters is 1. The summed E-state index contributed by atoms with van der Waals surface area (Å²) >= 11 is 0. The lowest BCUT2D eigenvalue weighted by Crippen LogP contribution is -2.52. The molecule has 0 aromatic carbocycles. The largest absolute Gasteiger partial charge is 0.468 e. The molecule has 1 rings (SSSR count). The average Bonchev–Trinajstić information content (AvgIpc) is 2.50. The number of carbonyl (C=O) groups is 2. The first-order valence-corrected chi connectivity index (χ1v) is 6.18. The fraction of sp³-hybridized carbons (Fsp3) is 0.833. The zero-order valence-corrected chi connectivity index (χ0v) is 10.8. The minimum Gasteiger partial charge on any atom is -0.468 e. The van der Waals surface area contributed by atoms with E-state index < -0.39 is 6.04 Å². The average molecular weight is 242 g/mol. The van der Waals surface area contributed by atoms with Crippen LogP contribution in [0.15, 0.2) is 0 Å². The van der Waals surface area contributed by atoms with Crippen LogP contribution in [0.1, 0.15) is 33.1 Å². The van der Waals surface area contributed by atoms with Crippen LogP contribution in [-0.4, -0.2) is 37.6 Å². The van der Waals surface area contributed by atoms with Crippen molar-refractivity contribution in [3.8, 4) is 0 Å². The van der Waals surface area contributed by atoms with Crippen molar-refractivity contribution < 1.29 is 14.3 Å². The number of hydrogen-bond acceptors (Lipinski definition) is 4. The summed E-state index contributed by atoms with van der Waals surface area (Å²) in [5.74, 6) is -0.229. The lowest BCUT2D eigenvalue weighted by molar-refractivity contribution is -0.144. The molecule has 1 saturated heterocycles. The molecule has 17 heavy (non-hydrogen) atoms. The van der Waals surface area contributed by atoms with Gasteiger partial charge in [-0.15, -0.1) is 0 Å². The number of carbonyl (C=O) groups excluding carboxylic acids is 2. The van der Waals surface area contributed by atoms with Gasteiger partial charge in [0.1, 0.15) is 6.04 Å². The van der Waals surface area contributed by atoms with Crippen LogP contribution in [0.3, 0.4) is 0 Å². The molecule has 1 fully saturated rings. The number of hydrogen-bond donors (Lipinski definition) is 2. The van der Waals surface area contributed by atoms with Crippen LogP contribution in [-0.2, 0) is 14.3 Å². The number of methoxy groups -OCH3 is 1. The molecular weight excluding hydrogens is 220 g/mol. The summed E-state index contributed by atoms with van der Waals surface area (Å²) in [6.07, 6.45) is 2.75. The van der Waals surface area contributed by atoms with Gasteiger partial charge in [0.25, 0.3) is 0 Å². The van der Waals surface area contributed by atoms with Gasteiger partial charge in [-0.25, -0.2) is 0 Å². The number of ether oxygens (including phenoxy) is 1. The maximum absolute atomic E-state index is 11.8. The van der Waals surface area contributed by atoms with E-state index in [-0.39, 0.29) is 23.8 Å². The van der Waals surface area contributed by atoms with E-state index in [4.69, 9.17) is 4.74 Å². The Kier molecular flexibility index (Phi) is 5.41. The van der Waals surface area contributed by atoms with Crippen LogP contribution in [0.5, 0.6) is 0 Å². The maximum Gasteiger partial charge on any atom is 0.323 e. The molecule has 2 N–H and O–H groups in total. The van der Waals surface area contributed by atoms with Gasteiger partial charge in [0, 0.05) is 6.54 Å². The Hall–Kier alpha value is -1.10. The number of amides is 1. The second-order valence-corrected chi connectivity index (χ2v) is 4.75. The van der Waals surface area contributed by atoms with E-state index in [0.717, 1.165) is 25.8 Å². The standard InChI is InChI=1S/C12H22N2O3/c1-8(2)10(12(16)17-3)14-9-6-4-5-7-13-11(9)15/h8-10,14H,4-7H2,1-3H3,(H,13,15). The highest BCUT2D eigenvalue weighted by molar-refractivity contribution is 5.83. The zero-order chi connectivity index (χ0) is 12.8. The summed E-state index contributed by atoms with van der Waals surface area (Å²) in [5.41, 5.74) is 0. The molecule has 98 valence electrons. The van der Waals surface area contributed by atoms with E-state index in [1.165, 1.54) is 7.11 Å². The van der Waals surface area contributed by atoms with Gasteiger partial charge < -0.3 is 10.1 Å². The first-order valence-electron chi connectivity index (χ1n) is 6.18. The van der Waals surface area contributed by atoms with E-state index in [1.807, 2.05) is 13.8 Å². The third kappa shape index (κ3) is 4.00. The van der Waals surface area contributed by atoms with E-state index in [9.17, 15) is 9.59 Å². The van der Waals surface area contributed by atoms with E-state index >= 15 is 0 Å². The molecule has 1 aliphatic heterocycles. The third-order valence-corrected chi connectivity index (χ3v) is 3.04. The van der Waals surface area contributed by atoms with Crippen molar-refractivity contribution in [2.75, 3.05) is 13.7 Å². The van der Waals surface area contributed by atoms with Crippen molar-refractivity contribution in [2.45, 2.75) is 45.2 Å². The quantitative estimate of drug-likeness (QED) is 0.702. The molecule has 1 heterocycles. The molecule has 2 unspecified atom stereocenters. The van der Waals surface area contributed by atoms with Crippen molar-refractivity contribution >= 4 is 11.9 Å². The summed E-state index contributed by atoms with van der Waals surface area (Å²) < 4.78 is 4.75. The highest BCUT2D eigenvalue weighted by atomic mass is 16.5. The van der Waals surface area contributed by atoms with Crippen LogP contribution in [0.4, 0.5) is 0 Å². The Labute approximate surface area is 102 Å². The van der Waals surface area contributed by atoms with Crippen molar-refractivity contribution in [1.29, 1.82) is 0 Å². The molecule has 0 radical (unpaired) electrons. The summed E-state index contributed by atoms with van der Waals surface area (Å²) in [7, 11) is 1.37. The summed E-state index contributed by atoms with van der Waals surface area (Å²) in [6.45, 7) is 4.59. The molecule has 0 aliphatic carbocycles. The SMILES string of the molecule is COC(=O)C(NC1CCCCNC1=O)C(C)C. The van der Waals surface area contributed by atoms with Gasteiger partial charge in [-0.2, -0.15) is 0 Å². The molecule has 0 saturated carbocycles. The molecule has 5 nitrogen and oxygen atoms in total. The Morgan fingerprint density at radius 1 is 1.47 bits per heavy atom. The normalized spacial score (nSPS) is 22.8. The second-order valence-electron chi connectivity index (χ2n) is 4.75.